The normalized spacial score (nSPS) is 12.6. The second-order valence-corrected chi connectivity index (χ2v) is 3.46. The molecule has 1 aromatic carbocycles. The molecule has 0 saturated heterocycles. The van der Waals surface area contributed by atoms with E-state index in [9.17, 15) is 4.79 Å². The van der Waals surface area contributed by atoms with Crippen molar-refractivity contribution in [1.29, 1.82) is 0 Å². The predicted octanol–water partition coefficient (Wildman–Crippen LogP) is 1.79. The number of allylic oxidation sites excluding steroid dienone is 1. The third-order valence-electron chi connectivity index (χ3n) is 1.93. The molecule has 0 bridgehead atoms. The molecule has 1 rings (SSSR count). The zero-order valence-corrected chi connectivity index (χ0v) is 9.40. The first-order chi connectivity index (χ1) is 7.56. The van der Waals surface area contributed by atoms with Gasteiger partial charge in [0.25, 0.3) is 0 Å². The minimum atomic E-state index is -1.18. The van der Waals surface area contributed by atoms with Crippen molar-refractivity contribution in [2.75, 3.05) is 7.05 Å². The standard InChI is InChI=1S/C11H11ClN2O2/c1-14-6-9(10(13)11(15)16)7-2-4-8(12)5-3-7/h2-6H,13H2,1H3,(H,15,16). The van der Waals surface area contributed by atoms with Gasteiger partial charge in [0.05, 0.1) is 0 Å². The number of halogens is 1. The Morgan fingerprint density at radius 2 is 2.00 bits per heavy atom. The molecule has 4 nitrogen and oxygen atoms in total. The number of benzene rings is 1. The maximum Gasteiger partial charge on any atom is 0.352 e. The number of rotatable bonds is 3. The average Bonchev–Trinajstić information content (AvgIpc) is 2.26. The summed E-state index contributed by atoms with van der Waals surface area (Å²) >= 11 is 5.74. The number of aliphatic imine (C=N–C) groups is 1. The Hall–Kier alpha value is -1.81. The number of carboxylic acids is 1. The van der Waals surface area contributed by atoms with Crippen molar-refractivity contribution < 1.29 is 9.90 Å². The molecule has 84 valence electrons. The van der Waals surface area contributed by atoms with Gasteiger partial charge in [0.2, 0.25) is 0 Å². The number of nitrogens with zero attached hydrogens (tertiary/aromatic N) is 1. The topological polar surface area (TPSA) is 75.7 Å². The fourth-order valence-electron chi connectivity index (χ4n) is 1.17. The van der Waals surface area contributed by atoms with E-state index in [2.05, 4.69) is 4.99 Å². The van der Waals surface area contributed by atoms with Crippen molar-refractivity contribution in [3.8, 4) is 0 Å². The Morgan fingerprint density at radius 1 is 1.44 bits per heavy atom. The van der Waals surface area contributed by atoms with Gasteiger partial charge < -0.3 is 10.8 Å². The first-order valence-electron chi connectivity index (χ1n) is 4.47. The largest absolute Gasteiger partial charge is 0.477 e. The minimum absolute atomic E-state index is 0.243. The van der Waals surface area contributed by atoms with Gasteiger partial charge in [-0.3, -0.25) is 4.99 Å². The molecule has 0 heterocycles. The van der Waals surface area contributed by atoms with Crippen LogP contribution in [0.25, 0.3) is 5.57 Å². The molecule has 0 unspecified atom stereocenters. The molecule has 0 saturated carbocycles. The lowest BCUT2D eigenvalue weighted by molar-refractivity contribution is -0.132. The van der Waals surface area contributed by atoms with Crippen LogP contribution in [-0.2, 0) is 4.79 Å². The summed E-state index contributed by atoms with van der Waals surface area (Å²) in [6.07, 6.45) is 1.41. The van der Waals surface area contributed by atoms with E-state index in [1.54, 1.807) is 31.3 Å². The molecule has 0 fully saturated rings. The summed E-state index contributed by atoms with van der Waals surface area (Å²) in [5.74, 6) is -1.18. The zero-order valence-electron chi connectivity index (χ0n) is 8.64. The van der Waals surface area contributed by atoms with Crippen LogP contribution in [0.4, 0.5) is 0 Å². The van der Waals surface area contributed by atoms with Crippen molar-refractivity contribution in [3.63, 3.8) is 0 Å². The van der Waals surface area contributed by atoms with Gasteiger partial charge in [0, 0.05) is 23.9 Å². The summed E-state index contributed by atoms with van der Waals surface area (Å²) in [6.45, 7) is 0. The number of nitrogens with two attached hydrogens (primary N) is 1. The van der Waals surface area contributed by atoms with Crippen molar-refractivity contribution in [2.24, 2.45) is 10.7 Å². The number of carboxylic acid groups (broad SMARTS) is 1. The molecule has 0 aliphatic carbocycles. The number of hydrogen-bond donors (Lipinski definition) is 2. The molecule has 3 N–H and O–H groups in total. The summed E-state index contributed by atoms with van der Waals surface area (Å²) in [7, 11) is 1.55. The number of carbonyl (C=O) groups is 1. The van der Waals surface area contributed by atoms with E-state index in [0.29, 0.717) is 16.2 Å². The van der Waals surface area contributed by atoms with Gasteiger partial charge in [-0.05, 0) is 17.7 Å². The van der Waals surface area contributed by atoms with Gasteiger partial charge in [-0.15, -0.1) is 0 Å². The van der Waals surface area contributed by atoms with Crippen LogP contribution in [0.15, 0.2) is 35.0 Å². The molecule has 5 heteroatoms. The van der Waals surface area contributed by atoms with E-state index in [4.69, 9.17) is 22.4 Å². The summed E-state index contributed by atoms with van der Waals surface area (Å²) in [5.41, 5.74) is 6.26. The van der Waals surface area contributed by atoms with Crippen LogP contribution >= 0.6 is 11.6 Å². The lowest BCUT2D eigenvalue weighted by atomic mass is 10.1. The average molecular weight is 239 g/mol. The highest BCUT2D eigenvalue weighted by molar-refractivity contribution is 6.30. The van der Waals surface area contributed by atoms with E-state index >= 15 is 0 Å². The summed E-state index contributed by atoms with van der Waals surface area (Å²) in [4.78, 5) is 14.6. The summed E-state index contributed by atoms with van der Waals surface area (Å²) in [5, 5.41) is 9.40. The Kier molecular flexibility index (Phi) is 4.08. The van der Waals surface area contributed by atoms with Crippen LogP contribution in [0.5, 0.6) is 0 Å². The minimum Gasteiger partial charge on any atom is -0.477 e. The van der Waals surface area contributed by atoms with Crippen molar-refractivity contribution in [1.82, 2.24) is 0 Å². The van der Waals surface area contributed by atoms with E-state index < -0.39 is 5.97 Å². The van der Waals surface area contributed by atoms with Crippen LogP contribution in [-0.4, -0.2) is 24.3 Å². The summed E-state index contributed by atoms with van der Waals surface area (Å²) < 4.78 is 0. The molecule has 0 aromatic heterocycles. The first-order valence-corrected chi connectivity index (χ1v) is 4.85. The molecular formula is C11H11ClN2O2. The third kappa shape index (κ3) is 2.84. The Bertz CT molecular complexity index is 450. The van der Waals surface area contributed by atoms with E-state index in [-0.39, 0.29) is 5.70 Å². The van der Waals surface area contributed by atoms with Gasteiger partial charge in [-0.1, -0.05) is 23.7 Å². The smallest absolute Gasteiger partial charge is 0.352 e. The summed E-state index contributed by atoms with van der Waals surface area (Å²) in [6, 6.07) is 6.70. The highest BCUT2D eigenvalue weighted by Crippen LogP contribution is 2.18. The third-order valence-corrected chi connectivity index (χ3v) is 2.19. The van der Waals surface area contributed by atoms with Crippen LogP contribution in [0, 0.1) is 0 Å². The zero-order chi connectivity index (χ0) is 12.1. The molecule has 0 aliphatic heterocycles. The van der Waals surface area contributed by atoms with Crippen LogP contribution < -0.4 is 5.73 Å². The molecule has 1 aromatic rings. The van der Waals surface area contributed by atoms with Gasteiger partial charge in [-0.2, -0.15) is 0 Å². The molecule has 0 radical (unpaired) electrons. The van der Waals surface area contributed by atoms with Gasteiger partial charge in [0.15, 0.2) is 0 Å². The highest BCUT2D eigenvalue weighted by Gasteiger charge is 2.10. The van der Waals surface area contributed by atoms with Crippen molar-refractivity contribution in [3.05, 3.63) is 40.5 Å². The van der Waals surface area contributed by atoms with Crippen molar-refractivity contribution in [2.45, 2.75) is 0 Å². The Balaban J connectivity index is 3.28. The Morgan fingerprint density at radius 3 is 2.44 bits per heavy atom. The number of hydrogen-bond acceptors (Lipinski definition) is 3. The molecule has 0 spiro atoms. The Labute approximate surface area is 98.1 Å². The fraction of sp³-hybridized carbons (Fsp3) is 0.0909. The number of aliphatic carboxylic acids is 1. The van der Waals surface area contributed by atoms with Crippen LogP contribution in [0.3, 0.4) is 0 Å². The molecule has 0 atom stereocenters. The lowest BCUT2D eigenvalue weighted by Gasteiger charge is -2.04. The molecule has 0 aliphatic rings. The van der Waals surface area contributed by atoms with Crippen molar-refractivity contribution >= 4 is 29.4 Å². The van der Waals surface area contributed by atoms with E-state index in [1.807, 2.05) is 0 Å². The van der Waals surface area contributed by atoms with Gasteiger partial charge in [-0.25, -0.2) is 4.79 Å². The van der Waals surface area contributed by atoms with Gasteiger partial charge in [0.1, 0.15) is 5.70 Å². The highest BCUT2D eigenvalue weighted by atomic mass is 35.5. The monoisotopic (exact) mass is 238 g/mol. The molecular weight excluding hydrogens is 228 g/mol. The SMILES string of the molecule is CN=CC(=C(N)C(=O)O)c1ccc(Cl)cc1. The fourth-order valence-corrected chi connectivity index (χ4v) is 1.30. The lowest BCUT2D eigenvalue weighted by Crippen LogP contribution is -2.13. The second-order valence-electron chi connectivity index (χ2n) is 3.03. The van der Waals surface area contributed by atoms with Gasteiger partial charge >= 0.3 is 5.97 Å². The molecule has 0 amide bonds. The molecule has 16 heavy (non-hydrogen) atoms. The van der Waals surface area contributed by atoms with Crippen LogP contribution in [0.2, 0.25) is 5.02 Å². The predicted molar refractivity (Wildman–Crippen MR) is 64.6 cm³/mol. The maximum absolute atomic E-state index is 10.8. The maximum atomic E-state index is 10.8. The first kappa shape index (κ1) is 12.3. The van der Waals surface area contributed by atoms with Crippen LogP contribution in [0.1, 0.15) is 5.56 Å². The van der Waals surface area contributed by atoms with E-state index in [0.717, 1.165) is 0 Å². The quantitative estimate of drug-likeness (QED) is 0.623. The second kappa shape index (κ2) is 5.32. The van der Waals surface area contributed by atoms with E-state index in [1.165, 1.54) is 6.21 Å².